The Morgan fingerprint density at radius 1 is 1.24 bits per heavy atom. The van der Waals surface area contributed by atoms with Crippen LogP contribution in [0.5, 0.6) is 0 Å². The first-order chi connectivity index (χ1) is 8.15. The van der Waals surface area contributed by atoms with Gasteiger partial charge in [-0.2, -0.15) is 0 Å². The first-order valence-corrected chi connectivity index (χ1v) is 5.75. The summed E-state index contributed by atoms with van der Waals surface area (Å²) in [7, 11) is 0. The van der Waals surface area contributed by atoms with E-state index in [1.807, 2.05) is 37.3 Å². The quantitative estimate of drug-likeness (QED) is 0.849. The van der Waals surface area contributed by atoms with E-state index in [1.165, 1.54) is 6.92 Å². The zero-order valence-corrected chi connectivity index (χ0v) is 10.3. The van der Waals surface area contributed by atoms with Crippen molar-refractivity contribution in [2.45, 2.75) is 20.3 Å². The number of carbonyl (C=O) groups excluding carboxylic acids is 2. The van der Waals surface area contributed by atoms with E-state index in [4.69, 9.17) is 0 Å². The van der Waals surface area contributed by atoms with Crippen molar-refractivity contribution >= 4 is 17.5 Å². The van der Waals surface area contributed by atoms with Gasteiger partial charge in [0, 0.05) is 25.2 Å². The van der Waals surface area contributed by atoms with Gasteiger partial charge >= 0.3 is 6.03 Å². The lowest BCUT2D eigenvalue weighted by molar-refractivity contribution is -0.116. The number of hydrogen-bond acceptors (Lipinski definition) is 2. The number of benzene rings is 1. The first-order valence-electron chi connectivity index (χ1n) is 5.75. The molecule has 0 saturated carbocycles. The molecule has 1 rings (SSSR count). The molecule has 4 heteroatoms. The molecule has 0 spiro atoms. The molecule has 4 nitrogen and oxygen atoms in total. The number of urea groups is 1. The lowest BCUT2D eigenvalue weighted by Crippen LogP contribution is -2.40. The van der Waals surface area contributed by atoms with Crippen molar-refractivity contribution in [1.29, 1.82) is 0 Å². The minimum Gasteiger partial charge on any atom is -0.337 e. The highest BCUT2D eigenvalue weighted by Crippen LogP contribution is 2.12. The number of carbonyl (C=O) groups is 2. The van der Waals surface area contributed by atoms with Gasteiger partial charge in [0.2, 0.25) is 0 Å². The molecule has 0 bridgehead atoms. The Kier molecular flexibility index (Phi) is 5.20. The van der Waals surface area contributed by atoms with Crippen LogP contribution in [0.4, 0.5) is 10.5 Å². The summed E-state index contributed by atoms with van der Waals surface area (Å²) >= 11 is 0. The van der Waals surface area contributed by atoms with Crippen LogP contribution in [-0.2, 0) is 4.79 Å². The van der Waals surface area contributed by atoms with E-state index < -0.39 is 0 Å². The predicted molar refractivity (Wildman–Crippen MR) is 68.2 cm³/mol. The molecule has 0 aliphatic heterocycles. The summed E-state index contributed by atoms with van der Waals surface area (Å²) in [5.41, 5.74) is 0.857. The zero-order valence-electron chi connectivity index (χ0n) is 10.3. The second-order valence-corrected chi connectivity index (χ2v) is 3.76. The smallest absolute Gasteiger partial charge is 0.321 e. The van der Waals surface area contributed by atoms with Gasteiger partial charge < -0.3 is 5.32 Å². The zero-order chi connectivity index (χ0) is 12.7. The number of ketones is 1. The van der Waals surface area contributed by atoms with Crippen LogP contribution in [0.2, 0.25) is 0 Å². The minimum absolute atomic E-state index is 0.0769. The molecular formula is C13H18N2O2. The lowest BCUT2D eigenvalue weighted by atomic mass is 10.3. The maximum atomic E-state index is 11.9. The molecule has 2 amide bonds. The van der Waals surface area contributed by atoms with Crippen LogP contribution in [-0.4, -0.2) is 24.9 Å². The molecule has 0 fully saturated rings. The van der Waals surface area contributed by atoms with Gasteiger partial charge in [-0.15, -0.1) is 0 Å². The van der Waals surface area contributed by atoms with E-state index >= 15 is 0 Å². The first kappa shape index (κ1) is 13.2. The fraction of sp³-hybridized carbons (Fsp3) is 0.385. The van der Waals surface area contributed by atoms with E-state index in [0.29, 0.717) is 19.5 Å². The molecule has 17 heavy (non-hydrogen) atoms. The van der Waals surface area contributed by atoms with Crippen LogP contribution in [0.3, 0.4) is 0 Å². The molecule has 1 aromatic carbocycles. The van der Waals surface area contributed by atoms with Crippen molar-refractivity contribution in [3.8, 4) is 0 Å². The molecule has 92 valence electrons. The fourth-order valence-electron chi connectivity index (χ4n) is 1.49. The highest BCUT2D eigenvalue weighted by atomic mass is 16.2. The van der Waals surface area contributed by atoms with E-state index in [0.717, 1.165) is 5.69 Å². The van der Waals surface area contributed by atoms with E-state index in [9.17, 15) is 9.59 Å². The molecule has 1 N–H and O–H groups in total. The Morgan fingerprint density at radius 3 is 2.41 bits per heavy atom. The van der Waals surface area contributed by atoms with E-state index in [2.05, 4.69) is 5.32 Å². The molecule has 0 aromatic heterocycles. The molecule has 0 aliphatic rings. The van der Waals surface area contributed by atoms with Crippen LogP contribution in [0.15, 0.2) is 30.3 Å². The third-order valence-corrected chi connectivity index (χ3v) is 2.38. The summed E-state index contributed by atoms with van der Waals surface area (Å²) in [4.78, 5) is 24.3. The van der Waals surface area contributed by atoms with Crippen LogP contribution in [0, 0.1) is 0 Å². The number of nitrogens with zero attached hydrogens (tertiary/aromatic N) is 1. The summed E-state index contributed by atoms with van der Waals surface area (Å²) in [6.45, 7) is 4.41. The Balaban J connectivity index is 2.56. The molecular weight excluding hydrogens is 216 g/mol. The molecule has 1 aromatic rings. The molecule has 0 unspecified atom stereocenters. The SMILES string of the molecule is CCN(C(=O)NCCC(C)=O)c1ccccc1. The number of anilines is 1. The topological polar surface area (TPSA) is 49.4 Å². The van der Waals surface area contributed by atoms with Crippen molar-refractivity contribution in [2.75, 3.05) is 18.0 Å². The number of amides is 2. The number of hydrogen-bond donors (Lipinski definition) is 1. The van der Waals surface area contributed by atoms with Gasteiger partial charge in [-0.3, -0.25) is 9.69 Å². The molecule has 0 aliphatic carbocycles. The summed E-state index contributed by atoms with van der Waals surface area (Å²) in [6.07, 6.45) is 0.373. The summed E-state index contributed by atoms with van der Waals surface area (Å²) in [5, 5.41) is 2.73. The van der Waals surface area contributed by atoms with Crippen LogP contribution >= 0.6 is 0 Å². The molecule has 0 radical (unpaired) electrons. The van der Waals surface area contributed by atoms with Crippen molar-refractivity contribution in [3.63, 3.8) is 0 Å². The number of rotatable bonds is 5. The minimum atomic E-state index is -0.167. The monoisotopic (exact) mass is 234 g/mol. The number of Topliss-reactive ketones (excluding diaryl/α,β-unsaturated/α-hetero) is 1. The average molecular weight is 234 g/mol. The lowest BCUT2D eigenvalue weighted by Gasteiger charge is -2.21. The van der Waals surface area contributed by atoms with Crippen molar-refractivity contribution in [1.82, 2.24) is 5.32 Å². The Bertz CT molecular complexity index is 376. The second kappa shape index (κ2) is 6.68. The van der Waals surface area contributed by atoms with Crippen LogP contribution in [0.25, 0.3) is 0 Å². The Morgan fingerprint density at radius 2 is 1.88 bits per heavy atom. The second-order valence-electron chi connectivity index (χ2n) is 3.76. The van der Waals surface area contributed by atoms with Gasteiger partial charge in [0.05, 0.1) is 0 Å². The van der Waals surface area contributed by atoms with Gasteiger partial charge in [-0.25, -0.2) is 4.79 Å². The number of nitrogens with one attached hydrogen (secondary N) is 1. The highest BCUT2D eigenvalue weighted by Gasteiger charge is 2.12. The largest absolute Gasteiger partial charge is 0.337 e. The van der Waals surface area contributed by atoms with Gasteiger partial charge in [-0.05, 0) is 26.0 Å². The van der Waals surface area contributed by atoms with Gasteiger partial charge in [0.25, 0.3) is 0 Å². The standard InChI is InChI=1S/C13H18N2O2/c1-3-15(12-7-5-4-6-8-12)13(17)14-10-9-11(2)16/h4-8H,3,9-10H2,1-2H3,(H,14,17). The summed E-state index contributed by atoms with van der Waals surface area (Å²) < 4.78 is 0. The maximum Gasteiger partial charge on any atom is 0.321 e. The van der Waals surface area contributed by atoms with Gasteiger partial charge in [0.1, 0.15) is 5.78 Å². The van der Waals surface area contributed by atoms with Crippen molar-refractivity contribution in [2.24, 2.45) is 0 Å². The fourth-order valence-corrected chi connectivity index (χ4v) is 1.49. The Labute approximate surface area is 102 Å². The highest BCUT2D eigenvalue weighted by molar-refractivity contribution is 5.92. The third-order valence-electron chi connectivity index (χ3n) is 2.38. The maximum absolute atomic E-state index is 11.9. The van der Waals surface area contributed by atoms with Crippen molar-refractivity contribution in [3.05, 3.63) is 30.3 Å². The summed E-state index contributed by atoms with van der Waals surface area (Å²) in [5.74, 6) is 0.0769. The van der Waals surface area contributed by atoms with E-state index in [1.54, 1.807) is 4.90 Å². The van der Waals surface area contributed by atoms with Gasteiger partial charge in [-0.1, -0.05) is 18.2 Å². The van der Waals surface area contributed by atoms with Gasteiger partial charge in [0.15, 0.2) is 0 Å². The van der Waals surface area contributed by atoms with Crippen LogP contribution in [0.1, 0.15) is 20.3 Å². The van der Waals surface area contributed by atoms with E-state index in [-0.39, 0.29) is 11.8 Å². The summed E-state index contributed by atoms with van der Waals surface area (Å²) in [6, 6.07) is 9.29. The Hall–Kier alpha value is -1.84. The third kappa shape index (κ3) is 4.26. The molecule has 0 atom stereocenters. The molecule has 0 saturated heterocycles. The van der Waals surface area contributed by atoms with Crippen molar-refractivity contribution < 1.29 is 9.59 Å². The number of para-hydroxylation sites is 1. The molecule has 0 heterocycles. The average Bonchev–Trinajstić information content (AvgIpc) is 2.31. The normalized spacial score (nSPS) is 9.76. The predicted octanol–water partition coefficient (Wildman–Crippen LogP) is 2.20. The van der Waals surface area contributed by atoms with Crippen LogP contribution < -0.4 is 10.2 Å².